The van der Waals surface area contributed by atoms with Gasteiger partial charge in [0.05, 0.1) is 18.5 Å². The summed E-state index contributed by atoms with van der Waals surface area (Å²) in [5.74, 6) is 1.52. The highest BCUT2D eigenvalue weighted by atomic mass is 32.1. The Bertz CT molecular complexity index is 583. The molecule has 0 aliphatic heterocycles. The number of thiophene rings is 1. The Morgan fingerprint density at radius 2 is 2.21 bits per heavy atom. The molecule has 7 heteroatoms. The Morgan fingerprint density at radius 3 is 2.89 bits per heavy atom. The first-order valence-corrected chi connectivity index (χ1v) is 6.83. The average Bonchev–Trinajstić information content (AvgIpc) is 2.85. The second-order valence-electron chi connectivity index (χ2n) is 4.22. The fraction of sp³-hybridized carbons (Fsp3) is 0.417. The number of carbonyl (C=O) groups excluding carboxylic acids is 1. The van der Waals surface area contributed by atoms with Crippen molar-refractivity contribution in [2.75, 3.05) is 33.0 Å². The summed E-state index contributed by atoms with van der Waals surface area (Å²) in [5, 5.41) is 8.71. The molecule has 2 aromatic heterocycles. The Kier molecular flexibility index (Phi) is 4.28. The van der Waals surface area contributed by atoms with E-state index in [2.05, 4.69) is 20.6 Å². The maximum atomic E-state index is 11.3. The van der Waals surface area contributed by atoms with Crippen molar-refractivity contribution in [1.29, 1.82) is 0 Å². The van der Waals surface area contributed by atoms with Crippen LogP contribution in [0.25, 0.3) is 10.2 Å². The van der Waals surface area contributed by atoms with Gasteiger partial charge >= 0.3 is 0 Å². The van der Waals surface area contributed by atoms with E-state index < -0.39 is 0 Å². The van der Waals surface area contributed by atoms with E-state index in [0.29, 0.717) is 18.9 Å². The molecule has 0 saturated carbocycles. The minimum Gasteiger partial charge on any atom is -0.372 e. The smallest absolute Gasteiger partial charge is 0.233 e. The topological polar surface area (TPSA) is 70.2 Å². The monoisotopic (exact) mass is 279 g/mol. The molecule has 0 aromatic carbocycles. The molecule has 0 unspecified atom stereocenters. The van der Waals surface area contributed by atoms with E-state index in [4.69, 9.17) is 0 Å². The summed E-state index contributed by atoms with van der Waals surface area (Å²) in [6, 6.07) is 2.00. The van der Waals surface area contributed by atoms with Crippen molar-refractivity contribution >= 4 is 33.3 Å². The second-order valence-corrected chi connectivity index (χ2v) is 5.12. The van der Waals surface area contributed by atoms with Crippen LogP contribution in [-0.2, 0) is 11.3 Å². The molecule has 0 atom stereocenters. The molecule has 2 rings (SSSR count). The molecule has 0 spiro atoms. The first-order valence-electron chi connectivity index (χ1n) is 5.95. The summed E-state index contributed by atoms with van der Waals surface area (Å²) in [6.07, 6.45) is 0. The van der Waals surface area contributed by atoms with Gasteiger partial charge in [-0.25, -0.2) is 9.97 Å². The lowest BCUT2D eigenvalue weighted by Gasteiger charge is -2.15. The molecule has 2 aromatic rings. The molecule has 0 aliphatic carbocycles. The highest BCUT2D eigenvalue weighted by Crippen LogP contribution is 2.24. The molecule has 0 aliphatic rings. The van der Waals surface area contributed by atoms with Crippen LogP contribution in [0, 0.1) is 0 Å². The van der Waals surface area contributed by atoms with E-state index in [1.165, 1.54) is 0 Å². The van der Waals surface area contributed by atoms with E-state index in [0.717, 1.165) is 16.0 Å². The summed E-state index contributed by atoms with van der Waals surface area (Å²) < 4.78 is 0. The van der Waals surface area contributed by atoms with Crippen LogP contribution in [0.3, 0.4) is 0 Å². The highest BCUT2D eigenvalue weighted by molar-refractivity contribution is 7.16. The third kappa shape index (κ3) is 3.18. The lowest BCUT2D eigenvalue weighted by atomic mass is 10.3. The van der Waals surface area contributed by atoms with Crippen molar-refractivity contribution < 1.29 is 4.79 Å². The number of hydrogen-bond acceptors (Lipinski definition) is 6. The van der Waals surface area contributed by atoms with Gasteiger partial charge in [0.2, 0.25) is 5.91 Å². The summed E-state index contributed by atoms with van der Waals surface area (Å²) in [4.78, 5) is 23.1. The molecule has 19 heavy (non-hydrogen) atoms. The Morgan fingerprint density at radius 1 is 1.42 bits per heavy atom. The third-order valence-electron chi connectivity index (χ3n) is 2.71. The quantitative estimate of drug-likeness (QED) is 0.851. The number of likely N-dealkylation sites (N-methyl/N-ethyl adjacent to an activating group) is 2. The predicted octanol–water partition coefficient (Wildman–Crippen LogP) is 0.911. The van der Waals surface area contributed by atoms with Gasteiger partial charge in [-0.15, -0.1) is 11.3 Å². The van der Waals surface area contributed by atoms with Crippen LogP contribution in [0.2, 0.25) is 0 Å². The van der Waals surface area contributed by atoms with Crippen LogP contribution in [0.5, 0.6) is 0 Å². The van der Waals surface area contributed by atoms with E-state index in [-0.39, 0.29) is 5.91 Å². The number of anilines is 1. The zero-order valence-corrected chi connectivity index (χ0v) is 12.0. The number of nitrogens with zero attached hydrogens (tertiary/aromatic N) is 3. The number of fused-ring (bicyclic) bond motifs is 1. The first kappa shape index (κ1) is 13.7. The van der Waals surface area contributed by atoms with Gasteiger partial charge < -0.3 is 10.6 Å². The molecule has 0 radical (unpaired) electrons. The van der Waals surface area contributed by atoms with Crippen molar-refractivity contribution in [1.82, 2.24) is 20.2 Å². The Labute approximate surface area is 115 Å². The maximum absolute atomic E-state index is 11.3. The normalized spacial score (nSPS) is 10.9. The predicted molar refractivity (Wildman–Crippen MR) is 77.4 cm³/mol. The van der Waals surface area contributed by atoms with Crippen LogP contribution >= 0.6 is 11.3 Å². The summed E-state index contributed by atoms with van der Waals surface area (Å²) >= 11 is 1.59. The van der Waals surface area contributed by atoms with Crippen LogP contribution < -0.4 is 10.6 Å². The Hall–Kier alpha value is -1.73. The molecule has 1 amide bonds. The van der Waals surface area contributed by atoms with Gasteiger partial charge in [0.1, 0.15) is 16.5 Å². The van der Waals surface area contributed by atoms with Crippen molar-refractivity contribution in [3.05, 3.63) is 17.3 Å². The van der Waals surface area contributed by atoms with E-state index in [9.17, 15) is 4.79 Å². The lowest BCUT2D eigenvalue weighted by molar-refractivity contribution is -0.121. The van der Waals surface area contributed by atoms with Gasteiger partial charge in [0.15, 0.2) is 0 Å². The molecule has 6 nitrogen and oxygen atoms in total. The van der Waals surface area contributed by atoms with Crippen molar-refractivity contribution in [2.45, 2.75) is 6.54 Å². The van der Waals surface area contributed by atoms with Gasteiger partial charge in [0.25, 0.3) is 0 Å². The number of aromatic nitrogens is 2. The van der Waals surface area contributed by atoms with E-state index >= 15 is 0 Å². The molecule has 0 bridgehead atoms. The minimum atomic E-state index is -0.0199. The molecule has 2 heterocycles. The summed E-state index contributed by atoms with van der Waals surface area (Å²) in [6.45, 7) is 0.868. The number of amides is 1. The van der Waals surface area contributed by atoms with Gasteiger partial charge in [-0.1, -0.05) is 0 Å². The molecule has 102 valence electrons. The van der Waals surface area contributed by atoms with Crippen LogP contribution in [0.15, 0.2) is 11.4 Å². The molecule has 0 fully saturated rings. The first-order chi connectivity index (χ1) is 9.13. The summed E-state index contributed by atoms with van der Waals surface area (Å²) in [7, 11) is 5.34. The van der Waals surface area contributed by atoms with Gasteiger partial charge in [-0.2, -0.15) is 0 Å². The fourth-order valence-electron chi connectivity index (χ4n) is 1.78. The van der Waals surface area contributed by atoms with Crippen LogP contribution in [-0.4, -0.2) is 48.5 Å². The average molecular weight is 279 g/mol. The standard InChI is InChI=1S/C12H17N5OS/c1-13-10(18)7-17(3)6-9-15-11(14-2)8-4-5-19-12(8)16-9/h4-5H,6-7H2,1-3H3,(H,13,18)(H,14,15,16). The summed E-state index contributed by atoms with van der Waals surface area (Å²) in [5.41, 5.74) is 0. The van der Waals surface area contributed by atoms with Crippen molar-refractivity contribution in [3.63, 3.8) is 0 Å². The lowest BCUT2D eigenvalue weighted by Crippen LogP contribution is -2.33. The van der Waals surface area contributed by atoms with Crippen molar-refractivity contribution in [3.8, 4) is 0 Å². The minimum absolute atomic E-state index is 0.0199. The third-order valence-corrected chi connectivity index (χ3v) is 3.52. The number of nitrogens with one attached hydrogen (secondary N) is 2. The maximum Gasteiger partial charge on any atom is 0.233 e. The largest absolute Gasteiger partial charge is 0.372 e. The van der Waals surface area contributed by atoms with E-state index in [1.807, 2.05) is 30.4 Å². The number of carbonyl (C=O) groups is 1. The van der Waals surface area contributed by atoms with Gasteiger partial charge in [-0.3, -0.25) is 9.69 Å². The van der Waals surface area contributed by atoms with Gasteiger partial charge in [0, 0.05) is 14.1 Å². The molecule has 0 saturated heterocycles. The van der Waals surface area contributed by atoms with Crippen LogP contribution in [0.1, 0.15) is 5.82 Å². The molecule has 2 N–H and O–H groups in total. The van der Waals surface area contributed by atoms with Gasteiger partial charge in [-0.05, 0) is 18.5 Å². The highest BCUT2D eigenvalue weighted by Gasteiger charge is 2.11. The molecular weight excluding hydrogens is 262 g/mol. The second kappa shape index (κ2) is 5.94. The van der Waals surface area contributed by atoms with Crippen molar-refractivity contribution in [2.24, 2.45) is 0 Å². The fourth-order valence-corrected chi connectivity index (χ4v) is 2.57. The van der Waals surface area contributed by atoms with Crippen LogP contribution in [0.4, 0.5) is 5.82 Å². The van der Waals surface area contributed by atoms with E-state index in [1.54, 1.807) is 18.4 Å². The zero-order chi connectivity index (χ0) is 13.8. The number of rotatable bonds is 5. The number of hydrogen-bond donors (Lipinski definition) is 2. The molecular formula is C12H17N5OS. The Balaban J connectivity index is 2.18. The zero-order valence-electron chi connectivity index (χ0n) is 11.2. The SMILES string of the molecule is CNC(=O)CN(C)Cc1nc(NC)c2ccsc2n1.